The first-order valence-electron chi connectivity index (χ1n) is 7.85. The zero-order valence-electron chi connectivity index (χ0n) is 13.5. The average Bonchev–Trinajstić information content (AvgIpc) is 2.99. The van der Waals surface area contributed by atoms with E-state index in [9.17, 15) is 4.79 Å². The zero-order valence-corrected chi connectivity index (χ0v) is 14.3. The van der Waals surface area contributed by atoms with Gasteiger partial charge in [-0.05, 0) is 24.6 Å². The van der Waals surface area contributed by atoms with Gasteiger partial charge in [0.2, 0.25) is 0 Å². The Morgan fingerprint density at radius 3 is 3.13 bits per heavy atom. The van der Waals surface area contributed by atoms with Gasteiger partial charge in [0.1, 0.15) is 0 Å². The predicted molar refractivity (Wildman–Crippen MR) is 92.7 cm³/mol. The highest BCUT2D eigenvalue weighted by Crippen LogP contribution is 2.25. The fraction of sp³-hybridized carbons (Fsp3) is 0.412. The molecule has 0 saturated carbocycles. The number of thiazole rings is 1. The van der Waals surface area contributed by atoms with Crippen LogP contribution in [0.15, 0.2) is 29.6 Å². The summed E-state index contributed by atoms with van der Waals surface area (Å²) in [6, 6.07) is 8.17. The van der Waals surface area contributed by atoms with Gasteiger partial charge in [-0.2, -0.15) is 0 Å². The Kier molecular flexibility index (Phi) is 5.05. The summed E-state index contributed by atoms with van der Waals surface area (Å²) in [7, 11) is 1.66. The van der Waals surface area contributed by atoms with Crippen molar-refractivity contribution in [1.29, 1.82) is 0 Å². The van der Waals surface area contributed by atoms with Crippen LogP contribution >= 0.6 is 11.3 Å². The molecule has 0 unspecified atom stereocenters. The molecule has 1 aromatic carbocycles. The van der Waals surface area contributed by atoms with Crippen molar-refractivity contribution in [1.82, 2.24) is 20.5 Å². The van der Waals surface area contributed by atoms with Crippen LogP contribution in [0.25, 0.3) is 0 Å². The van der Waals surface area contributed by atoms with E-state index < -0.39 is 0 Å². The van der Waals surface area contributed by atoms with Crippen LogP contribution in [-0.4, -0.2) is 42.5 Å². The maximum atomic E-state index is 11.9. The van der Waals surface area contributed by atoms with Gasteiger partial charge in [-0.25, -0.2) is 4.98 Å². The largest absolute Gasteiger partial charge is 0.355 e. The second-order valence-corrected chi connectivity index (χ2v) is 6.82. The van der Waals surface area contributed by atoms with Gasteiger partial charge in [0.25, 0.3) is 5.91 Å². The first-order chi connectivity index (χ1) is 11.2. The van der Waals surface area contributed by atoms with Crippen molar-refractivity contribution < 1.29 is 4.79 Å². The monoisotopic (exact) mass is 330 g/mol. The minimum Gasteiger partial charge on any atom is -0.355 e. The standard InChI is InChI=1S/C17H22N4OS/c1-12-20-15(11-23-12)10-21-7-6-19-9-16(21)13-4-3-5-14(8-13)17(22)18-2/h3-5,8,11,16,19H,6-7,9-10H2,1-2H3,(H,18,22)/t16-/m0/s1. The number of nitrogens with one attached hydrogen (secondary N) is 2. The number of aryl methyl sites for hydroxylation is 1. The molecule has 6 heteroatoms. The Morgan fingerprint density at radius 2 is 2.39 bits per heavy atom. The molecule has 5 nitrogen and oxygen atoms in total. The van der Waals surface area contributed by atoms with E-state index in [1.165, 1.54) is 5.56 Å². The second kappa shape index (κ2) is 7.21. The van der Waals surface area contributed by atoms with Crippen LogP contribution in [0, 0.1) is 6.92 Å². The van der Waals surface area contributed by atoms with Gasteiger partial charge >= 0.3 is 0 Å². The lowest BCUT2D eigenvalue weighted by atomic mass is 10.0. The van der Waals surface area contributed by atoms with Crippen LogP contribution in [0.1, 0.15) is 32.7 Å². The molecule has 1 fully saturated rings. The molecule has 1 saturated heterocycles. The van der Waals surface area contributed by atoms with Crippen molar-refractivity contribution in [3.05, 3.63) is 51.5 Å². The summed E-state index contributed by atoms with van der Waals surface area (Å²) >= 11 is 1.69. The maximum absolute atomic E-state index is 11.9. The second-order valence-electron chi connectivity index (χ2n) is 5.75. The number of hydrogen-bond donors (Lipinski definition) is 2. The highest BCUT2D eigenvalue weighted by Gasteiger charge is 2.25. The molecule has 1 aromatic heterocycles. The first kappa shape index (κ1) is 16.1. The third-order valence-electron chi connectivity index (χ3n) is 4.15. The number of nitrogens with zero attached hydrogens (tertiary/aromatic N) is 2. The predicted octanol–water partition coefficient (Wildman–Crippen LogP) is 1.96. The molecular formula is C17H22N4OS. The molecule has 1 amide bonds. The number of amides is 1. The molecule has 1 atom stereocenters. The Bertz CT molecular complexity index is 685. The zero-order chi connectivity index (χ0) is 16.2. The van der Waals surface area contributed by atoms with Crippen molar-refractivity contribution >= 4 is 17.2 Å². The molecule has 0 bridgehead atoms. The number of piperazine rings is 1. The van der Waals surface area contributed by atoms with Crippen molar-refractivity contribution in [2.45, 2.75) is 19.5 Å². The Labute approximate surface area is 140 Å². The van der Waals surface area contributed by atoms with E-state index in [2.05, 4.69) is 32.0 Å². The smallest absolute Gasteiger partial charge is 0.251 e. The van der Waals surface area contributed by atoms with Crippen molar-refractivity contribution in [3.63, 3.8) is 0 Å². The fourth-order valence-electron chi connectivity index (χ4n) is 2.98. The topological polar surface area (TPSA) is 57.3 Å². The van der Waals surface area contributed by atoms with E-state index in [-0.39, 0.29) is 11.9 Å². The molecule has 0 radical (unpaired) electrons. The molecule has 3 rings (SSSR count). The number of hydrogen-bond acceptors (Lipinski definition) is 5. The number of carbonyl (C=O) groups excluding carboxylic acids is 1. The van der Waals surface area contributed by atoms with Gasteiger partial charge in [-0.3, -0.25) is 9.69 Å². The van der Waals surface area contributed by atoms with Crippen LogP contribution in [-0.2, 0) is 6.54 Å². The van der Waals surface area contributed by atoms with Crippen molar-refractivity contribution in [3.8, 4) is 0 Å². The fourth-order valence-corrected chi connectivity index (χ4v) is 3.59. The molecule has 2 aromatic rings. The summed E-state index contributed by atoms with van der Waals surface area (Å²) in [4.78, 5) is 18.9. The van der Waals surface area contributed by atoms with Gasteiger partial charge in [0.15, 0.2) is 0 Å². The lowest BCUT2D eigenvalue weighted by Gasteiger charge is -2.36. The number of rotatable bonds is 4. The summed E-state index contributed by atoms with van der Waals surface area (Å²) < 4.78 is 0. The summed E-state index contributed by atoms with van der Waals surface area (Å²) in [5.74, 6) is -0.0442. The van der Waals surface area contributed by atoms with Gasteiger partial charge in [-0.1, -0.05) is 12.1 Å². The van der Waals surface area contributed by atoms with Crippen molar-refractivity contribution in [2.75, 3.05) is 26.7 Å². The molecular weight excluding hydrogens is 308 g/mol. The van der Waals surface area contributed by atoms with Crippen LogP contribution in [0.2, 0.25) is 0 Å². The highest BCUT2D eigenvalue weighted by molar-refractivity contribution is 7.09. The van der Waals surface area contributed by atoms with E-state index >= 15 is 0 Å². The quantitative estimate of drug-likeness (QED) is 0.900. The summed E-state index contributed by atoms with van der Waals surface area (Å²) in [6.07, 6.45) is 0. The molecule has 23 heavy (non-hydrogen) atoms. The average molecular weight is 330 g/mol. The van der Waals surface area contributed by atoms with E-state index in [0.717, 1.165) is 36.9 Å². The maximum Gasteiger partial charge on any atom is 0.251 e. The molecule has 122 valence electrons. The first-order valence-corrected chi connectivity index (χ1v) is 8.73. The number of benzene rings is 1. The summed E-state index contributed by atoms with van der Waals surface area (Å²) in [5, 5.41) is 9.38. The van der Waals surface area contributed by atoms with Gasteiger partial charge < -0.3 is 10.6 Å². The molecule has 1 aliphatic heterocycles. The van der Waals surface area contributed by atoms with E-state index in [0.29, 0.717) is 5.56 Å². The Balaban J connectivity index is 1.82. The minimum absolute atomic E-state index is 0.0442. The van der Waals surface area contributed by atoms with Crippen molar-refractivity contribution in [2.24, 2.45) is 0 Å². The summed E-state index contributed by atoms with van der Waals surface area (Å²) in [5.41, 5.74) is 3.01. The number of aromatic nitrogens is 1. The van der Waals surface area contributed by atoms with Gasteiger partial charge in [0.05, 0.1) is 10.7 Å². The minimum atomic E-state index is -0.0442. The molecule has 2 N–H and O–H groups in total. The van der Waals surface area contributed by atoms with Crippen LogP contribution in [0.4, 0.5) is 0 Å². The van der Waals surface area contributed by atoms with E-state index in [4.69, 9.17) is 0 Å². The van der Waals surface area contributed by atoms with E-state index in [1.54, 1.807) is 18.4 Å². The Hall–Kier alpha value is -1.76. The molecule has 0 spiro atoms. The SMILES string of the molecule is CNC(=O)c1cccc([C@@H]2CNCCN2Cc2csc(C)n2)c1. The van der Waals surface area contributed by atoms with Gasteiger partial charge in [-0.15, -0.1) is 11.3 Å². The molecule has 1 aliphatic rings. The van der Waals surface area contributed by atoms with Crippen LogP contribution < -0.4 is 10.6 Å². The highest BCUT2D eigenvalue weighted by atomic mass is 32.1. The van der Waals surface area contributed by atoms with Crippen LogP contribution in [0.3, 0.4) is 0 Å². The van der Waals surface area contributed by atoms with Gasteiger partial charge in [0, 0.05) is 50.2 Å². The third-order valence-corrected chi connectivity index (χ3v) is 4.97. The Morgan fingerprint density at radius 1 is 1.52 bits per heavy atom. The molecule has 2 heterocycles. The van der Waals surface area contributed by atoms with E-state index in [1.807, 2.05) is 25.1 Å². The normalized spacial score (nSPS) is 18.8. The lowest BCUT2D eigenvalue weighted by Crippen LogP contribution is -2.45. The lowest BCUT2D eigenvalue weighted by molar-refractivity contribution is 0.0962. The van der Waals surface area contributed by atoms with Crippen LogP contribution in [0.5, 0.6) is 0 Å². The summed E-state index contributed by atoms with van der Waals surface area (Å²) in [6.45, 7) is 5.73. The number of carbonyl (C=O) groups is 1. The third kappa shape index (κ3) is 3.77. The molecule has 0 aliphatic carbocycles.